The first-order valence-corrected chi connectivity index (χ1v) is 5.72. The summed E-state index contributed by atoms with van der Waals surface area (Å²) in [6.07, 6.45) is 0. The largest absolute Gasteiger partial charge is 0.507 e. The minimum Gasteiger partial charge on any atom is -0.507 e. The Morgan fingerprint density at radius 3 is 2.37 bits per heavy atom. The highest BCUT2D eigenvalue weighted by molar-refractivity contribution is 6.12. The molecule has 0 atom stereocenters. The summed E-state index contributed by atoms with van der Waals surface area (Å²) in [6.45, 7) is 0. The number of para-hydroxylation sites is 1. The van der Waals surface area contributed by atoms with E-state index in [1.54, 1.807) is 43.5 Å². The third-order valence-electron chi connectivity index (χ3n) is 2.80. The van der Waals surface area contributed by atoms with Crippen LogP contribution in [0.5, 0.6) is 17.2 Å². The van der Waals surface area contributed by atoms with Gasteiger partial charge in [0.05, 0.1) is 25.3 Å². The Kier molecular flexibility index (Phi) is 3.71. The molecule has 2 aromatic rings. The smallest absolute Gasteiger partial charge is 0.200 e. The number of rotatable bonds is 4. The molecule has 0 saturated heterocycles. The summed E-state index contributed by atoms with van der Waals surface area (Å²) in [5.74, 6) is 0.668. The maximum absolute atomic E-state index is 12.4. The first-order chi connectivity index (χ1) is 9.17. The molecule has 4 heteroatoms. The van der Waals surface area contributed by atoms with Gasteiger partial charge in [0.1, 0.15) is 17.2 Å². The Morgan fingerprint density at radius 1 is 1.00 bits per heavy atom. The normalized spacial score (nSPS) is 10.0. The summed E-state index contributed by atoms with van der Waals surface area (Å²) in [4.78, 5) is 12.4. The molecule has 1 N–H and O–H groups in total. The van der Waals surface area contributed by atoms with Crippen LogP contribution in [0.3, 0.4) is 0 Å². The molecule has 0 amide bonds. The standard InChI is InChI=1S/C15H14O4/c1-18-10-7-8-12(14(9-10)19-2)15(17)11-5-3-4-6-13(11)16/h3-9,16H,1-2H3. The zero-order valence-corrected chi connectivity index (χ0v) is 10.7. The van der Waals surface area contributed by atoms with Gasteiger partial charge in [0.15, 0.2) is 5.78 Å². The number of benzene rings is 2. The van der Waals surface area contributed by atoms with Crippen molar-refractivity contribution in [3.8, 4) is 17.2 Å². The molecule has 4 nitrogen and oxygen atoms in total. The minimum atomic E-state index is -0.294. The van der Waals surface area contributed by atoms with E-state index in [-0.39, 0.29) is 17.1 Å². The Balaban J connectivity index is 2.47. The minimum absolute atomic E-state index is 0.0506. The molecule has 0 aliphatic rings. The number of carbonyl (C=O) groups excluding carboxylic acids is 1. The number of aromatic hydroxyl groups is 1. The van der Waals surface area contributed by atoms with E-state index in [9.17, 15) is 9.90 Å². The summed E-state index contributed by atoms with van der Waals surface area (Å²) >= 11 is 0. The lowest BCUT2D eigenvalue weighted by Crippen LogP contribution is -2.04. The number of hydrogen-bond donors (Lipinski definition) is 1. The molecule has 0 unspecified atom stereocenters. The van der Waals surface area contributed by atoms with Crippen LogP contribution in [0, 0.1) is 0 Å². The van der Waals surface area contributed by atoms with Crippen LogP contribution < -0.4 is 9.47 Å². The molecule has 0 bridgehead atoms. The fourth-order valence-electron chi connectivity index (χ4n) is 1.80. The lowest BCUT2D eigenvalue weighted by Gasteiger charge is -2.10. The molecule has 0 aromatic heterocycles. The topological polar surface area (TPSA) is 55.8 Å². The van der Waals surface area contributed by atoms with Crippen molar-refractivity contribution >= 4 is 5.78 Å². The van der Waals surface area contributed by atoms with Crippen LogP contribution in [-0.2, 0) is 0 Å². The molecule has 0 heterocycles. The number of methoxy groups -OCH3 is 2. The van der Waals surface area contributed by atoms with Crippen LogP contribution in [0.4, 0.5) is 0 Å². The monoisotopic (exact) mass is 258 g/mol. The highest BCUT2D eigenvalue weighted by Crippen LogP contribution is 2.28. The van der Waals surface area contributed by atoms with Gasteiger partial charge < -0.3 is 14.6 Å². The molecular formula is C15H14O4. The zero-order chi connectivity index (χ0) is 13.8. The number of phenolic OH excluding ortho intramolecular Hbond substituents is 1. The van der Waals surface area contributed by atoms with Crippen molar-refractivity contribution in [2.24, 2.45) is 0 Å². The molecule has 2 rings (SSSR count). The zero-order valence-electron chi connectivity index (χ0n) is 10.7. The number of phenols is 1. The first kappa shape index (κ1) is 13.0. The summed E-state index contributed by atoms with van der Waals surface area (Å²) in [7, 11) is 3.02. The third kappa shape index (κ3) is 2.52. The van der Waals surface area contributed by atoms with E-state index in [1.165, 1.54) is 13.2 Å². The maximum Gasteiger partial charge on any atom is 0.200 e. The van der Waals surface area contributed by atoms with Gasteiger partial charge in [-0.3, -0.25) is 4.79 Å². The van der Waals surface area contributed by atoms with Gasteiger partial charge in [0, 0.05) is 6.07 Å². The van der Waals surface area contributed by atoms with Crippen LogP contribution in [0.1, 0.15) is 15.9 Å². The van der Waals surface area contributed by atoms with Crippen LogP contribution in [0.25, 0.3) is 0 Å². The van der Waals surface area contributed by atoms with E-state index < -0.39 is 0 Å². The van der Waals surface area contributed by atoms with E-state index in [0.717, 1.165) is 0 Å². The van der Waals surface area contributed by atoms with E-state index in [2.05, 4.69) is 0 Å². The van der Waals surface area contributed by atoms with Crippen molar-refractivity contribution in [2.75, 3.05) is 14.2 Å². The van der Waals surface area contributed by atoms with Gasteiger partial charge in [0.2, 0.25) is 0 Å². The summed E-state index contributed by atoms with van der Waals surface area (Å²) < 4.78 is 10.3. The fraction of sp³-hybridized carbons (Fsp3) is 0.133. The molecule has 19 heavy (non-hydrogen) atoms. The number of hydrogen-bond acceptors (Lipinski definition) is 4. The molecule has 98 valence electrons. The van der Waals surface area contributed by atoms with Crippen molar-refractivity contribution in [3.63, 3.8) is 0 Å². The first-order valence-electron chi connectivity index (χ1n) is 5.72. The Bertz CT molecular complexity index is 605. The molecule has 0 spiro atoms. The Labute approximate surface area is 111 Å². The highest BCUT2D eigenvalue weighted by Gasteiger charge is 2.17. The Hall–Kier alpha value is -2.49. The molecule has 0 aliphatic heterocycles. The average molecular weight is 258 g/mol. The van der Waals surface area contributed by atoms with Crippen molar-refractivity contribution in [1.29, 1.82) is 0 Å². The van der Waals surface area contributed by atoms with E-state index in [0.29, 0.717) is 17.1 Å². The number of ether oxygens (including phenoxy) is 2. The summed E-state index contributed by atoms with van der Waals surface area (Å²) in [6, 6.07) is 11.3. The van der Waals surface area contributed by atoms with Crippen molar-refractivity contribution in [2.45, 2.75) is 0 Å². The van der Waals surface area contributed by atoms with Gasteiger partial charge >= 0.3 is 0 Å². The summed E-state index contributed by atoms with van der Waals surface area (Å²) in [5, 5.41) is 9.72. The van der Waals surface area contributed by atoms with Crippen LogP contribution >= 0.6 is 0 Å². The lowest BCUT2D eigenvalue weighted by molar-refractivity contribution is 0.103. The van der Waals surface area contributed by atoms with Gasteiger partial charge in [-0.2, -0.15) is 0 Å². The fourth-order valence-corrected chi connectivity index (χ4v) is 1.80. The molecule has 0 aliphatic carbocycles. The van der Waals surface area contributed by atoms with Crippen LogP contribution in [0.2, 0.25) is 0 Å². The molecule has 0 fully saturated rings. The lowest BCUT2D eigenvalue weighted by atomic mass is 10.0. The van der Waals surface area contributed by atoms with E-state index in [1.807, 2.05) is 0 Å². The number of carbonyl (C=O) groups is 1. The van der Waals surface area contributed by atoms with E-state index in [4.69, 9.17) is 9.47 Å². The van der Waals surface area contributed by atoms with Crippen molar-refractivity contribution in [3.05, 3.63) is 53.6 Å². The van der Waals surface area contributed by atoms with Gasteiger partial charge in [-0.25, -0.2) is 0 Å². The second-order valence-corrected chi connectivity index (χ2v) is 3.91. The Morgan fingerprint density at radius 2 is 1.74 bits per heavy atom. The highest BCUT2D eigenvalue weighted by atomic mass is 16.5. The second kappa shape index (κ2) is 5.44. The molecular weight excluding hydrogens is 244 g/mol. The quantitative estimate of drug-likeness (QED) is 0.856. The predicted molar refractivity (Wildman–Crippen MR) is 71.1 cm³/mol. The van der Waals surface area contributed by atoms with Gasteiger partial charge in [-0.15, -0.1) is 0 Å². The second-order valence-electron chi connectivity index (χ2n) is 3.91. The van der Waals surface area contributed by atoms with Crippen molar-refractivity contribution < 1.29 is 19.4 Å². The third-order valence-corrected chi connectivity index (χ3v) is 2.80. The van der Waals surface area contributed by atoms with Crippen LogP contribution in [0.15, 0.2) is 42.5 Å². The van der Waals surface area contributed by atoms with Crippen LogP contribution in [-0.4, -0.2) is 25.1 Å². The molecule has 2 aromatic carbocycles. The molecule has 0 radical (unpaired) electrons. The van der Waals surface area contributed by atoms with Gasteiger partial charge in [-0.1, -0.05) is 12.1 Å². The van der Waals surface area contributed by atoms with Gasteiger partial charge in [0.25, 0.3) is 0 Å². The molecule has 0 saturated carbocycles. The van der Waals surface area contributed by atoms with E-state index >= 15 is 0 Å². The SMILES string of the molecule is COc1ccc(C(=O)c2ccccc2O)c(OC)c1. The predicted octanol–water partition coefficient (Wildman–Crippen LogP) is 2.64. The summed E-state index contributed by atoms with van der Waals surface area (Å²) in [5.41, 5.74) is 0.621. The van der Waals surface area contributed by atoms with Crippen molar-refractivity contribution in [1.82, 2.24) is 0 Å². The van der Waals surface area contributed by atoms with Gasteiger partial charge in [-0.05, 0) is 24.3 Å². The maximum atomic E-state index is 12.4. The average Bonchev–Trinajstić information content (AvgIpc) is 2.46. The number of ketones is 1.